The predicted molar refractivity (Wildman–Crippen MR) is 142 cm³/mol. The van der Waals surface area contributed by atoms with Gasteiger partial charge in [-0.2, -0.15) is 0 Å². The van der Waals surface area contributed by atoms with Gasteiger partial charge in [0.1, 0.15) is 22.8 Å². The third-order valence-corrected chi connectivity index (χ3v) is 6.40. The molecule has 0 fully saturated rings. The van der Waals surface area contributed by atoms with E-state index >= 15 is 4.39 Å². The summed E-state index contributed by atoms with van der Waals surface area (Å²) in [6.07, 6.45) is 2.80. The first-order chi connectivity index (χ1) is 18.7. The van der Waals surface area contributed by atoms with Crippen LogP contribution in [-0.2, 0) is 16.0 Å². The molecule has 0 bridgehead atoms. The number of aryl methyl sites for hydroxylation is 1. The molecule has 7 nitrogen and oxygen atoms in total. The molecule has 2 aromatic carbocycles. The van der Waals surface area contributed by atoms with Gasteiger partial charge in [-0.25, -0.2) is 13.8 Å². The number of aliphatic imine (C=N–C) groups is 1. The number of hydrogen-bond donors (Lipinski definition) is 0. The summed E-state index contributed by atoms with van der Waals surface area (Å²) in [4.78, 5) is 39.1. The number of ketones is 2. The smallest absolute Gasteiger partial charge is 0.215 e. The second kappa shape index (κ2) is 10.5. The molecule has 0 unspecified atom stereocenters. The van der Waals surface area contributed by atoms with Gasteiger partial charge >= 0.3 is 0 Å². The van der Waals surface area contributed by atoms with Crippen LogP contribution in [0, 0.1) is 18.6 Å². The molecule has 0 spiro atoms. The van der Waals surface area contributed by atoms with E-state index in [0.29, 0.717) is 50.4 Å². The Morgan fingerprint density at radius 1 is 1.00 bits per heavy atom. The van der Waals surface area contributed by atoms with Crippen molar-refractivity contribution >= 4 is 33.9 Å². The van der Waals surface area contributed by atoms with Crippen molar-refractivity contribution < 1.29 is 27.8 Å². The van der Waals surface area contributed by atoms with Gasteiger partial charge in [-0.05, 0) is 60.4 Å². The number of ether oxygens (including phenoxy) is 2. The van der Waals surface area contributed by atoms with E-state index in [1.54, 1.807) is 32.0 Å². The minimum absolute atomic E-state index is 0.0602. The maximum Gasteiger partial charge on any atom is 0.215 e. The molecule has 0 saturated heterocycles. The molecule has 39 heavy (non-hydrogen) atoms. The number of dihydropyridines is 1. The highest BCUT2D eigenvalue weighted by Gasteiger charge is 2.30. The van der Waals surface area contributed by atoms with Crippen molar-refractivity contribution in [1.82, 2.24) is 9.97 Å². The van der Waals surface area contributed by atoms with Crippen LogP contribution in [0.4, 0.5) is 8.78 Å². The van der Waals surface area contributed by atoms with Crippen molar-refractivity contribution in [3.8, 4) is 17.2 Å². The van der Waals surface area contributed by atoms with Crippen LogP contribution < -0.4 is 9.47 Å². The molecule has 0 aliphatic carbocycles. The molecular weight excluding hydrogens is 504 g/mol. The minimum atomic E-state index is -0.686. The summed E-state index contributed by atoms with van der Waals surface area (Å²) in [5.74, 6) is -1.38. The number of nitrogens with zero attached hydrogens (tertiary/aromatic N) is 3. The maximum absolute atomic E-state index is 15.0. The number of pyridine rings is 2. The van der Waals surface area contributed by atoms with Crippen LogP contribution in [0.1, 0.15) is 23.6 Å². The Morgan fingerprint density at radius 2 is 1.82 bits per heavy atom. The monoisotopic (exact) mass is 527 g/mol. The average Bonchev–Trinajstić information content (AvgIpc) is 2.91. The van der Waals surface area contributed by atoms with Gasteiger partial charge in [0.05, 0.1) is 25.4 Å². The van der Waals surface area contributed by atoms with E-state index in [9.17, 15) is 14.0 Å². The quantitative estimate of drug-likeness (QED) is 0.310. The lowest BCUT2D eigenvalue weighted by Gasteiger charge is -2.18. The van der Waals surface area contributed by atoms with E-state index in [4.69, 9.17) is 9.47 Å². The Hall–Kier alpha value is -4.79. The van der Waals surface area contributed by atoms with Crippen molar-refractivity contribution in [2.45, 2.75) is 20.3 Å². The van der Waals surface area contributed by atoms with Gasteiger partial charge in [-0.15, -0.1) is 0 Å². The largest absolute Gasteiger partial charge is 0.495 e. The number of fused-ring (bicyclic) bond motifs is 1. The molecule has 2 aromatic heterocycles. The van der Waals surface area contributed by atoms with Gasteiger partial charge in [-0.1, -0.05) is 12.1 Å². The topological polar surface area (TPSA) is 90.7 Å². The zero-order valence-corrected chi connectivity index (χ0v) is 21.4. The molecule has 0 saturated carbocycles. The van der Waals surface area contributed by atoms with Crippen LogP contribution in [0.25, 0.3) is 16.6 Å². The van der Waals surface area contributed by atoms with E-state index in [2.05, 4.69) is 15.0 Å². The molecule has 0 amide bonds. The predicted octanol–water partition coefficient (Wildman–Crippen LogP) is 5.63. The Labute approximate surface area is 222 Å². The second-order valence-electron chi connectivity index (χ2n) is 9.13. The summed E-state index contributed by atoms with van der Waals surface area (Å²) < 4.78 is 39.5. The summed E-state index contributed by atoms with van der Waals surface area (Å²) in [5, 5.41) is 0. The first kappa shape index (κ1) is 25.8. The molecule has 1 aliphatic heterocycles. The number of carbonyl (C=O) groups excluding carboxylic acids is 2. The lowest BCUT2D eigenvalue weighted by Crippen LogP contribution is -2.30. The zero-order chi connectivity index (χ0) is 27.7. The van der Waals surface area contributed by atoms with Gasteiger partial charge in [-0.3, -0.25) is 19.6 Å². The van der Waals surface area contributed by atoms with Crippen LogP contribution in [0.15, 0.2) is 71.5 Å². The van der Waals surface area contributed by atoms with Gasteiger partial charge in [0, 0.05) is 30.3 Å². The van der Waals surface area contributed by atoms with Gasteiger partial charge < -0.3 is 9.47 Å². The first-order valence-corrected chi connectivity index (χ1v) is 12.1. The number of methoxy groups -OCH3 is 1. The number of halogens is 2. The first-order valence-electron chi connectivity index (χ1n) is 12.1. The molecule has 5 rings (SSSR count). The van der Waals surface area contributed by atoms with E-state index in [1.165, 1.54) is 49.8 Å². The summed E-state index contributed by atoms with van der Waals surface area (Å²) in [7, 11) is 1.52. The molecule has 0 atom stereocenters. The van der Waals surface area contributed by atoms with E-state index in [0.717, 1.165) is 0 Å². The standard InChI is InChI=1S/C30H23F2N3O4/c1-16-10-19(31)5-6-21(16)27-17(2)14-34-29(30(27)37)24(36)12-18-4-7-25(22(32)11-18)39-26-8-9-33-23-13-20(38-3)15-35-28(23)26/h4-11,13,15H,12,14H2,1-3H3. The van der Waals surface area contributed by atoms with Gasteiger partial charge in [0.2, 0.25) is 5.78 Å². The third kappa shape index (κ3) is 5.16. The number of carbonyl (C=O) groups is 2. The van der Waals surface area contributed by atoms with Crippen LogP contribution in [0.2, 0.25) is 0 Å². The lowest BCUT2D eigenvalue weighted by atomic mass is 9.87. The number of rotatable bonds is 7. The number of aromatic nitrogens is 2. The van der Waals surface area contributed by atoms with E-state index in [-0.39, 0.29) is 24.4 Å². The van der Waals surface area contributed by atoms with Crippen molar-refractivity contribution in [2.75, 3.05) is 13.7 Å². The fourth-order valence-electron chi connectivity index (χ4n) is 4.44. The number of hydrogen-bond acceptors (Lipinski definition) is 7. The molecule has 9 heteroatoms. The Kier molecular flexibility index (Phi) is 6.98. The van der Waals surface area contributed by atoms with Crippen LogP contribution in [-0.4, -0.2) is 40.9 Å². The number of allylic oxidation sites excluding steroid dienone is 1. The van der Waals surface area contributed by atoms with Crippen LogP contribution >= 0.6 is 0 Å². The van der Waals surface area contributed by atoms with Crippen LogP contribution in [0.3, 0.4) is 0 Å². The molecule has 0 N–H and O–H groups in total. The summed E-state index contributed by atoms with van der Waals surface area (Å²) in [6.45, 7) is 3.63. The minimum Gasteiger partial charge on any atom is -0.495 e. The molecular formula is C30H23F2N3O4. The highest BCUT2D eigenvalue weighted by molar-refractivity contribution is 6.74. The molecule has 3 heterocycles. The van der Waals surface area contributed by atoms with Crippen molar-refractivity contribution in [2.24, 2.45) is 4.99 Å². The van der Waals surface area contributed by atoms with Crippen molar-refractivity contribution in [1.29, 1.82) is 0 Å². The third-order valence-electron chi connectivity index (χ3n) is 6.40. The molecule has 1 aliphatic rings. The van der Waals surface area contributed by atoms with Gasteiger partial charge in [0.15, 0.2) is 23.1 Å². The normalized spacial score (nSPS) is 13.5. The Morgan fingerprint density at radius 3 is 2.56 bits per heavy atom. The van der Waals surface area contributed by atoms with E-state index < -0.39 is 23.2 Å². The van der Waals surface area contributed by atoms with Crippen LogP contribution in [0.5, 0.6) is 17.2 Å². The molecule has 0 radical (unpaired) electrons. The lowest BCUT2D eigenvalue weighted by molar-refractivity contribution is -0.114. The Balaban J connectivity index is 1.34. The maximum atomic E-state index is 15.0. The fourth-order valence-corrected chi connectivity index (χ4v) is 4.44. The summed E-state index contributed by atoms with van der Waals surface area (Å²) in [6, 6.07) is 11.6. The average molecular weight is 528 g/mol. The summed E-state index contributed by atoms with van der Waals surface area (Å²) in [5.41, 5.74) is 3.28. The number of Topliss-reactive ketones (excluding diaryl/α,β-unsaturated/α-hetero) is 2. The molecule has 196 valence electrons. The highest BCUT2D eigenvalue weighted by Crippen LogP contribution is 2.31. The Bertz CT molecular complexity index is 1710. The summed E-state index contributed by atoms with van der Waals surface area (Å²) >= 11 is 0. The fraction of sp³-hybridized carbons (Fsp3) is 0.167. The second-order valence-corrected chi connectivity index (χ2v) is 9.13. The highest BCUT2D eigenvalue weighted by atomic mass is 19.1. The SMILES string of the molecule is COc1cnc2c(Oc3ccc(CC(=O)C4=NCC(C)=C(c5ccc(F)cc5C)C4=O)cc3F)ccnc2c1. The van der Waals surface area contributed by atoms with Gasteiger partial charge in [0.25, 0.3) is 0 Å². The van der Waals surface area contributed by atoms with Crippen molar-refractivity contribution in [3.05, 3.63) is 94.8 Å². The van der Waals surface area contributed by atoms with E-state index in [1.807, 2.05) is 0 Å². The zero-order valence-electron chi connectivity index (χ0n) is 21.4. The van der Waals surface area contributed by atoms with Crippen molar-refractivity contribution in [3.63, 3.8) is 0 Å². The number of benzene rings is 2. The molecule has 4 aromatic rings.